The number of carbonyl (C=O) groups is 1. The Morgan fingerprint density at radius 3 is 2.58 bits per heavy atom. The van der Waals surface area contributed by atoms with Gasteiger partial charge in [0, 0.05) is 10.6 Å². The van der Waals surface area contributed by atoms with Crippen molar-refractivity contribution in [2.24, 2.45) is 0 Å². The molecular formula is C20H20ClNO4. The summed E-state index contributed by atoms with van der Waals surface area (Å²) in [6.07, 6.45) is 0.768. The van der Waals surface area contributed by atoms with Gasteiger partial charge in [0.25, 0.3) is 11.7 Å². The minimum Gasteiger partial charge on any atom is -0.494 e. The monoisotopic (exact) mass is 373 g/mol. The maximum absolute atomic E-state index is 13.2. The Labute approximate surface area is 157 Å². The lowest BCUT2D eigenvalue weighted by Crippen LogP contribution is -2.47. The van der Waals surface area contributed by atoms with Crippen molar-refractivity contribution < 1.29 is 19.0 Å². The van der Waals surface area contributed by atoms with Gasteiger partial charge in [0.1, 0.15) is 5.75 Å². The number of anilines is 1. The fourth-order valence-corrected chi connectivity index (χ4v) is 3.59. The minimum absolute atomic E-state index is 0.205. The van der Waals surface area contributed by atoms with E-state index in [-0.39, 0.29) is 5.91 Å². The van der Waals surface area contributed by atoms with Crippen molar-refractivity contribution in [1.29, 1.82) is 0 Å². The van der Waals surface area contributed by atoms with Crippen molar-refractivity contribution in [3.8, 4) is 5.75 Å². The van der Waals surface area contributed by atoms with E-state index >= 15 is 0 Å². The summed E-state index contributed by atoms with van der Waals surface area (Å²) in [7, 11) is 0. The number of carbonyl (C=O) groups excluding carboxylic acids is 1. The number of halogens is 1. The van der Waals surface area contributed by atoms with E-state index in [0.29, 0.717) is 37.0 Å². The van der Waals surface area contributed by atoms with Gasteiger partial charge in [-0.15, -0.1) is 0 Å². The van der Waals surface area contributed by atoms with Crippen LogP contribution in [-0.4, -0.2) is 25.7 Å². The van der Waals surface area contributed by atoms with Crippen LogP contribution in [0.5, 0.6) is 5.75 Å². The molecule has 5 nitrogen and oxygen atoms in total. The first-order valence-corrected chi connectivity index (χ1v) is 9.13. The fourth-order valence-electron chi connectivity index (χ4n) is 3.42. The molecule has 0 atom stereocenters. The first-order valence-electron chi connectivity index (χ1n) is 8.76. The van der Waals surface area contributed by atoms with E-state index in [2.05, 4.69) is 0 Å². The highest BCUT2D eigenvalue weighted by Gasteiger charge is 2.54. The molecule has 0 bridgehead atoms. The van der Waals surface area contributed by atoms with Crippen molar-refractivity contribution in [3.05, 3.63) is 58.6 Å². The van der Waals surface area contributed by atoms with Crippen molar-refractivity contribution in [2.75, 3.05) is 24.7 Å². The average molecular weight is 374 g/mol. The van der Waals surface area contributed by atoms with Crippen LogP contribution < -0.4 is 9.64 Å². The zero-order valence-electron chi connectivity index (χ0n) is 14.5. The molecule has 0 saturated carbocycles. The summed E-state index contributed by atoms with van der Waals surface area (Å²) in [5.74, 6) is -0.765. The highest BCUT2D eigenvalue weighted by atomic mass is 35.5. The second-order valence-electron chi connectivity index (χ2n) is 6.30. The van der Waals surface area contributed by atoms with Gasteiger partial charge in [0.2, 0.25) is 0 Å². The van der Waals surface area contributed by atoms with Crippen LogP contribution in [0.1, 0.15) is 24.5 Å². The van der Waals surface area contributed by atoms with Gasteiger partial charge in [-0.25, -0.2) is 0 Å². The van der Waals surface area contributed by atoms with Gasteiger partial charge in [-0.3, -0.25) is 4.79 Å². The van der Waals surface area contributed by atoms with E-state index in [0.717, 1.165) is 23.4 Å². The molecule has 0 aromatic heterocycles. The third-order valence-electron chi connectivity index (χ3n) is 4.61. The SMILES string of the molecule is CCOc1ccc(CN2C(=O)C3(OCCCO3)c3cc(Cl)ccc32)cc1. The molecule has 2 aliphatic rings. The van der Waals surface area contributed by atoms with Crippen molar-refractivity contribution in [2.45, 2.75) is 25.7 Å². The summed E-state index contributed by atoms with van der Waals surface area (Å²) in [4.78, 5) is 14.9. The third kappa shape index (κ3) is 2.86. The highest BCUT2D eigenvalue weighted by molar-refractivity contribution is 6.31. The Balaban J connectivity index is 1.67. The molecule has 0 radical (unpaired) electrons. The molecule has 0 unspecified atom stereocenters. The minimum atomic E-state index is -1.37. The number of nitrogens with zero attached hydrogens (tertiary/aromatic N) is 1. The van der Waals surface area contributed by atoms with Crippen LogP contribution in [-0.2, 0) is 26.6 Å². The van der Waals surface area contributed by atoms with Crippen molar-refractivity contribution in [3.63, 3.8) is 0 Å². The van der Waals surface area contributed by atoms with Gasteiger partial charge in [0.15, 0.2) is 0 Å². The van der Waals surface area contributed by atoms with Gasteiger partial charge in [0.05, 0.1) is 32.1 Å². The van der Waals surface area contributed by atoms with Crippen molar-refractivity contribution >= 4 is 23.2 Å². The molecule has 1 saturated heterocycles. The second-order valence-corrected chi connectivity index (χ2v) is 6.73. The number of fused-ring (bicyclic) bond motifs is 2. The normalized spacial score (nSPS) is 18.2. The molecule has 1 fully saturated rings. The van der Waals surface area contributed by atoms with Crippen LogP contribution in [0.2, 0.25) is 5.02 Å². The summed E-state index contributed by atoms with van der Waals surface area (Å²) in [6.45, 7) is 3.95. The summed E-state index contributed by atoms with van der Waals surface area (Å²) in [6, 6.07) is 13.1. The summed E-state index contributed by atoms with van der Waals surface area (Å²) < 4.78 is 17.2. The average Bonchev–Trinajstić information content (AvgIpc) is 2.87. The lowest BCUT2D eigenvalue weighted by atomic mass is 10.1. The molecule has 2 aromatic carbocycles. The van der Waals surface area contributed by atoms with E-state index < -0.39 is 5.79 Å². The van der Waals surface area contributed by atoms with E-state index in [1.165, 1.54) is 0 Å². The molecule has 26 heavy (non-hydrogen) atoms. The molecule has 1 spiro atoms. The molecule has 6 heteroatoms. The Morgan fingerprint density at radius 2 is 1.88 bits per heavy atom. The number of hydrogen-bond donors (Lipinski definition) is 0. The van der Waals surface area contributed by atoms with Crippen LogP contribution in [0.25, 0.3) is 0 Å². The molecule has 2 aliphatic heterocycles. The molecule has 0 N–H and O–H groups in total. The predicted molar refractivity (Wildman–Crippen MR) is 98.5 cm³/mol. The summed E-state index contributed by atoms with van der Waals surface area (Å²) in [5.41, 5.74) is 2.45. The van der Waals surface area contributed by atoms with Gasteiger partial charge in [-0.05, 0) is 49.2 Å². The third-order valence-corrected chi connectivity index (χ3v) is 4.84. The molecule has 0 aliphatic carbocycles. The molecule has 4 rings (SSSR count). The van der Waals surface area contributed by atoms with Gasteiger partial charge >= 0.3 is 0 Å². The molecule has 2 aromatic rings. The molecule has 1 amide bonds. The van der Waals surface area contributed by atoms with Gasteiger partial charge in [-0.2, -0.15) is 0 Å². The topological polar surface area (TPSA) is 48.0 Å². The number of benzene rings is 2. The van der Waals surface area contributed by atoms with Crippen LogP contribution in [0, 0.1) is 0 Å². The van der Waals surface area contributed by atoms with Crippen LogP contribution in [0.15, 0.2) is 42.5 Å². The Bertz CT molecular complexity index is 815. The highest BCUT2D eigenvalue weighted by Crippen LogP contribution is 2.46. The number of hydrogen-bond acceptors (Lipinski definition) is 4. The maximum Gasteiger partial charge on any atom is 0.292 e. The van der Waals surface area contributed by atoms with Gasteiger partial charge in [-0.1, -0.05) is 23.7 Å². The standard InChI is InChI=1S/C20H20ClNO4/c1-2-24-16-7-4-14(5-8-16)13-22-18-9-6-15(21)12-17(18)20(19(22)23)25-10-3-11-26-20/h4-9,12H,2-3,10-11,13H2,1H3. The van der Waals surface area contributed by atoms with E-state index in [1.807, 2.05) is 37.3 Å². The van der Waals surface area contributed by atoms with E-state index in [4.69, 9.17) is 25.8 Å². The van der Waals surface area contributed by atoms with E-state index in [9.17, 15) is 4.79 Å². The quantitative estimate of drug-likeness (QED) is 0.816. The van der Waals surface area contributed by atoms with Crippen molar-refractivity contribution in [1.82, 2.24) is 0 Å². The van der Waals surface area contributed by atoms with Gasteiger partial charge < -0.3 is 19.1 Å². The first-order chi connectivity index (χ1) is 12.6. The summed E-state index contributed by atoms with van der Waals surface area (Å²) in [5, 5.41) is 0.552. The zero-order valence-corrected chi connectivity index (χ0v) is 15.3. The number of rotatable bonds is 4. The smallest absolute Gasteiger partial charge is 0.292 e. The molecular weight excluding hydrogens is 354 g/mol. The Kier molecular flexibility index (Phi) is 4.61. The largest absolute Gasteiger partial charge is 0.494 e. The van der Waals surface area contributed by atoms with Crippen LogP contribution in [0.3, 0.4) is 0 Å². The maximum atomic E-state index is 13.2. The lowest BCUT2D eigenvalue weighted by molar-refractivity contribution is -0.256. The predicted octanol–water partition coefficient (Wildman–Crippen LogP) is 3.88. The van der Waals surface area contributed by atoms with Crippen LogP contribution >= 0.6 is 11.6 Å². The molecule has 2 heterocycles. The second kappa shape index (κ2) is 6.91. The number of amides is 1. The first kappa shape index (κ1) is 17.3. The molecule has 136 valence electrons. The number of ether oxygens (including phenoxy) is 3. The van der Waals surface area contributed by atoms with Crippen LogP contribution in [0.4, 0.5) is 5.69 Å². The van der Waals surface area contributed by atoms with E-state index in [1.54, 1.807) is 17.0 Å². The fraction of sp³-hybridized carbons (Fsp3) is 0.350. The Morgan fingerprint density at radius 1 is 1.15 bits per heavy atom. The Hall–Kier alpha value is -2.08. The summed E-state index contributed by atoms with van der Waals surface area (Å²) >= 11 is 6.17. The lowest BCUT2D eigenvalue weighted by Gasteiger charge is -2.32. The zero-order chi connectivity index (χ0) is 18.1.